The lowest BCUT2D eigenvalue weighted by Gasteiger charge is -2.11. The van der Waals surface area contributed by atoms with Gasteiger partial charge in [0.25, 0.3) is 11.8 Å². The van der Waals surface area contributed by atoms with Gasteiger partial charge >= 0.3 is 0 Å². The zero-order valence-electron chi connectivity index (χ0n) is 15.2. The maximum Gasteiger partial charge on any atom is 0.273 e. The predicted octanol–water partition coefficient (Wildman–Crippen LogP) is 3.08. The first kappa shape index (κ1) is 18.1. The topological polar surface area (TPSA) is 104 Å². The Hall–Kier alpha value is -4.26. The average Bonchev–Trinajstić information content (AvgIpc) is 2.77. The highest BCUT2D eigenvalue weighted by atomic mass is 16.3. The third kappa shape index (κ3) is 3.74. The number of rotatable bonds is 3. The van der Waals surface area contributed by atoms with Crippen LogP contribution in [0.25, 0.3) is 22.2 Å². The molecule has 0 aliphatic carbocycles. The van der Waals surface area contributed by atoms with Crippen molar-refractivity contribution in [3.63, 3.8) is 0 Å². The molecule has 2 aromatic carbocycles. The molecule has 0 aliphatic heterocycles. The van der Waals surface area contributed by atoms with E-state index in [0.717, 1.165) is 5.56 Å². The number of fused-ring (bicyclic) bond motifs is 1. The summed E-state index contributed by atoms with van der Waals surface area (Å²) in [6.45, 7) is 0. The van der Waals surface area contributed by atoms with Crippen molar-refractivity contribution in [2.45, 2.75) is 0 Å². The van der Waals surface area contributed by atoms with Crippen molar-refractivity contribution >= 4 is 22.7 Å². The smallest absolute Gasteiger partial charge is 0.273 e. The first-order valence-electron chi connectivity index (χ1n) is 8.82. The van der Waals surface area contributed by atoms with Crippen LogP contribution in [0.15, 0.2) is 79.1 Å². The normalized spacial score (nSPS) is 10.5. The lowest BCUT2D eigenvalue weighted by molar-refractivity contribution is 0.0846. The molecule has 0 saturated carbocycles. The van der Waals surface area contributed by atoms with E-state index in [2.05, 4.69) is 20.8 Å². The summed E-state index contributed by atoms with van der Waals surface area (Å²) < 4.78 is 0. The Kier molecular flexibility index (Phi) is 4.86. The fourth-order valence-corrected chi connectivity index (χ4v) is 2.94. The van der Waals surface area contributed by atoms with Gasteiger partial charge < -0.3 is 5.11 Å². The Balaban J connectivity index is 1.65. The van der Waals surface area contributed by atoms with Crippen LogP contribution in [0.5, 0.6) is 5.75 Å². The van der Waals surface area contributed by atoms with Crippen molar-refractivity contribution in [3.8, 4) is 17.0 Å². The van der Waals surface area contributed by atoms with Gasteiger partial charge in [0.1, 0.15) is 5.75 Å². The number of para-hydroxylation sites is 2. The van der Waals surface area contributed by atoms with Gasteiger partial charge in [0.2, 0.25) is 0 Å². The number of hydrazine groups is 1. The van der Waals surface area contributed by atoms with Gasteiger partial charge in [-0.3, -0.25) is 25.4 Å². The molecule has 0 fully saturated rings. The van der Waals surface area contributed by atoms with Gasteiger partial charge in [0.05, 0.1) is 22.3 Å². The lowest BCUT2D eigenvalue weighted by atomic mass is 10.0. The molecule has 0 saturated heterocycles. The van der Waals surface area contributed by atoms with E-state index in [1.54, 1.807) is 42.7 Å². The number of amides is 2. The minimum atomic E-state index is -0.623. The number of aromatic nitrogens is 2. The number of carbonyl (C=O) groups is 2. The number of aromatic hydroxyl groups is 1. The van der Waals surface area contributed by atoms with Crippen LogP contribution in [0.4, 0.5) is 0 Å². The molecule has 7 heteroatoms. The zero-order valence-corrected chi connectivity index (χ0v) is 15.2. The summed E-state index contributed by atoms with van der Waals surface area (Å²) in [5, 5.41) is 10.4. The van der Waals surface area contributed by atoms with E-state index in [1.165, 1.54) is 12.1 Å². The molecule has 2 amide bonds. The SMILES string of the molecule is O=C(NNC(=O)c1cc(-c2cccnc2)nc2ccccc12)c1ccccc1O. The van der Waals surface area contributed by atoms with Gasteiger partial charge in [-0.15, -0.1) is 0 Å². The Morgan fingerprint density at radius 1 is 0.828 bits per heavy atom. The van der Waals surface area contributed by atoms with E-state index in [-0.39, 0.29) is 11.3 Å². The standard InChI is InChI=1S/C22H16N4O3/c27-20-10-4-2-8-16(20)21(28)25-26-22(29)17-12-19(14-6-5-11-23-13-14)24-18-9-3-1-7-15(17)18/h1-13,27H,(H,25,28)(H,26,29). The zero-order chi connectivity index (χ0) is 20.2. The van der Waals surface area contributed by atoms with Gasteiger partial charge in [-0.2, -0.15) is 0 Å². The van der Waals surface area contributed by atoms with Crippen LogP contribution >= 0.6 is 0 Å². The summed E-state index contributed by atoms with van der Waals surface area (Å²) in [5.74, 6) is -1.30. The van der Waals surface area contributed by atoms with Crippen LogP contribution in [0, 0.1) is 0 Å². The third-order valence-electron chi connectivity index (χ3n) is 4.36. The molecular formula is C22H16N4O3. The molecule has 0 spiro atoms. The maximum atomic E-state index is 12.8. The fraction of sp³-hybridized carbons (Fsp3) is 0. The summed E-state index contributed by atoms with van der Waals surface area (Å²) >= 11 is 0. The number of nitrogens with zero attached hydrogens (tertiary/aromatic N) is 2. The molecule has 0 aliphatic rings. The predicted molar refractivity (Wildman–Crippen MR) is 108 cm³/mol. The summed E-state index contributed by atoms with van der Waals surface area (Å²) in [7, 11) is 0. The van der Waals surface area contributed by atoms with E-state index < -0.39 is 11.8 Å². The second-order valence-electron chi connectivity index (χ2n) is 6.24. The molecule has 142 valence electrons. The summed E-state index contributed by atoms with van der Waals surface area (Å²) in [6.07, 6.45) is 3.32. The van der Waals surface area contributed by atoms with Crippen LogP contribution < -0.4 is 10.9 Å². The second kappa shape index (κ2) is 7.77. The molecule has 0 bridgehead atoms. The van der Waals surface area contributed by atoms with Gasteiger partial charge in [-0.25, -0.2) is 4.98 Å². The van der Waals surface area contributed by atoms with Crippen LogP contribution in [-0.4, -0.2) is 26.9 Å². The van der Waals surface area contributed by atoms with Gasteiger partial charge in [-0.1, -0.05) is 30.3 Å². The Labute approximate surface area is 166 Å². The number of nitrogens with one attached hydrogen (secondary N) is 2. The minimum Gasteiger partial charge on any atom is -0.507 e. The molecule has 3 N–H and O–H groups in total. The first-order valence-corrected chi connectivity index (χ1v) is 8.82. The van der Waals surface area contributed by atoms with Crippen molar-refractivity contribution in [3.05, 3.63) is 90.3 Å². The summed E-state index contributed by atoms with van der Waals surface area (Å²) in [5.41, 5.74) is 7.15. The highest BCUT2D eigenvalue weighted by molar-refractivity contribution is 6.08. The van der Waals surface area contributed by atoms with Crippen molar-refractivity contribution in [1.29, 1.82) is 0 Å². The molecule has 2 aromatic heterocycles. The van der Waals surface area contributed by atoms with E-state index in [0.29, 0.717) is 22.2 Å². The fourth-order valence-electron chi connectivity index (χ4n) is 2.94. The highest BCUT2D eigenvalue weighted by Gasteiger charge is 2.16. The van der Waals surface area contributed by atoms with Crippen molar-refractivity contribution < 1.29 is 14.7 Å². The number of pyridine rings is 2. The number of phenols is 1. The molecule has 0 unspecified atom stereocenters. The quantitative estimate of drug-likeness (QED) is 0.471. The average molecular weight is 384 g/mol. The van der Waals surface area contributed by atoms with E-state index in [4.69, 9.17) is 0 Å². The number of benzene rings is 2. The van der Waals surface area contributed by atoms with Gasteiger partial charge in [0, 0.05) is 23.3 Å². The minimum absolute atomic E-state index is 0.0587. The molecule has 7 nitrogen and oxygen atoms in total. The molecular weight excluding hydrogens is 368 g/mol. The molecule has 2 heterocycles. The third-order valence-corrected chi connectivity index (χ3v) is 4.36. The van der Waals surface area contributed by atoms with Crippen molar-refractivity contribution in [2.24, 2.45) is 0 Å². The summed E-state index contributed by atoms with van der Waals surface area (Å²) in [6, 6.07) is 18.6. The highest BCUT2D eigenvalue weighted by Crippen LogP contribution is 2.24. The van der Waals surface area contributed by atoms with Gasteiger partial charge in [0.15, 0.2) is 0 Å². The molecule has 4 aromatic rings. The monoisotopic (exact) mass is 384 g/mol. The Morgan fingerprint density at radius 2 is 1.55 bits per heavy atom. The first-order chi connectivity index (χ1) is 14.1. The molecule has 4 rings (SSSR count). The van der Waals surface area contributed by atoms with E-state index in [9.17, 15) is 14.7 Å². The summed E-state index contributed by atoms with van der Waals surface area (Å²) in [4.78, 5) is 33.8. The lowest BCUT2D eigenvalue weighted by Crippen LogP contribution is -2.41. The van der Waals surface area contributed by atoms with Crippen molar-refractivity contribution in [1.82, 2.24) is 20.8 Å². The molecule has 0 atom stereocenters. The number of phenolic OH excluding ortho intramolecular Hbond substituents is 1. The Bertz CT molecular complexity index is 1210. The second-order valence-corrected chi connectivity index (χ2v) is 6.24. The maximum absolute atomic E-state index is 12.8. The van der Waals surface area contributed by atoms with Crippen molar-refractivity contribution in [2.75, 3.05) is 0 Å². The van der Waals surface area contributed by atoms with Crippen LogP contribution in [-0.2, 0) is 0 Å². The van der Waals surface area contributed by atoms with Crippen LogP contribution in [0.3, 0.4) is 0 Å². The van der Waals surface area contributed by atoms with Crippen LogP contribution in [0.1, 0.15) is 20.7 Å². The molecule has 0 radical (unpaired) electrons. The molecule has 29 heavy (non-hydrogen) atoms. The van der Waals surface area contributed by atoms with E-state index >= 15 is 0 Å². The number of carbonyl (C=O) groups excluding carboxylic acids is 2. The largest absolute Gasteiger partial charge is 0.507 e. The number of hydrogen-bond donors (Lipinski definition) is 3. The van der Waals surface area contributed by atoms with E-state index in [1.807, 2.05) is 24.3 Å². The van der Waals surface area contributed by atoms with Crippen LogP contribution in [0.2, 0.25) is 0 Å². The Morgan fingerprint density at radius 3 is 2.31 bits per heavy atom. The number of hydrogen-bond acceptors (Lipinski definition) is 5. The van der Waals surface area contributed by atoms with Gasteiger partial charge in [-0.05, 0) is 36.4 Å².